The quantitative estimate of drug-likeness (QED) is 0.909. The molecule has 4 heteroatoms. The molecule has 0 aliphatic carbocycles. The summed E-state index contributed by atoms with van der Waals surface area (Å²) in [7, 11) is 0. The van der Waals surface area contributed by atoms with E-state index in [4.69, 9.17) is 4.74 Å². The smallest absolute Gasteiger partial charge is 0.156 e. The number of aliphatic hydroxyl groups is 1. The van der Waals surface area contributed by atoms with Crippen molar-refractivity contribution in [1.29, 1.82) is 5.26 Å². The van der Waals surface area contributed by atoms with Gasteiger partial charge in [0, 0.05) is 12.6 Å². The second-order valence-corrected chi connectivity index (χ2v) is 5.74. The molecule has 1 heterocycles. The Hall–Kier alpha value is -1.41. The van der Waals surface area contributed by atoms with Crippen LogP contribution < -0.4 is 0 Å². The summed E-state index contributed by atoms with van der Waals surface area (Å²) in [6.07, 6.45) is 0. The highest BCUT2D eigenvalue weighted by atomic mass is 16.5. The van der Waals surface area contributed by atoms with Crippen molar-refractivity contribution in [3.05, 3.63) is 35.9 Å². The van der Waals surface area contributed by atoms with Crippen LogP contribution in [0.4, 0.5) is 0 Å². The summed E-state index contributed by atoms with van der Waals surface area (Å²) in [5.74, 6) is 0.360. The van der Waals surface area contributed by atoms with Crippen molar-refractivity contribution in [2.45, 2.75) is 32.0 Å². The standard InChI is InChI=1S/C16H22N2O2/c1-13(2)15-9-20-12-16(10-17,11-19)18(15)8-14-6-4-3-5-7-14/h3-7,13,15,19H,8-9,11-12H2,1-2H3/t15-,16?/m0/s1. The highest BCUT2D eigenvalue weighted by Crippen LogP contribution is 2.29. The molecule has 0 amide bonds. The summed E-state index contributed by atoms with van der Waals surface area (Å²) in [4.78, 5) is 2.11. The van der Waals surface area contributed by atoms with Crippen LogP contribution in [0.15, 0.2) is 30.3 Å². The van der Waals surface area contributed by atoms with Gasteiger partial charge in [-0.3, -0.25) is 4.90 Å². The summed E-state index contributed by atoms with van der Waals surface area (Å²) >= 11 is 0. The molecule has 1 fully saturated rings. The maximum Gasteiger partial charge on any atom is 0.156 e. The number of hydrogen-bond donors (Lipinski definition) is 1. The van der Waals surface area contributed by atoms with Gasteiger partial charge in [0.2, 0.25) is 0 Å². The lowest BCUT2D eigenvalue weighted by Crippen LogP contribution is -2.63. The minimum Gasteiger partial charge on any atom is -0.393 e. The summed E-state index contributed by atoms with van der Waals surface area (Å²) in [6, 6.07) is 12.5. The third kappa shape index (κ3) is 2.85. The number of rotatable bonds is 4. The highest BCUT2D eigenvalue weighted by molar-refractivity contribution is 5.19. The van der Waals surface area contributed by atoms with Crippen molar-refractivity contribution in [3.8, 4) is 6.07 Å². The van der Waals surface area contributed by atoms with Gasteiger partial charge in [-0.2, -0.15) is 5.26 Å². The fraction of sp³-hybridized carbons (Fsp3) is 0.562. The van der Waals surface area contributed by atoms with Crippen LogP contribution in [0.3, 0.4) is 0 Å². The van der Waals surface area contributed by atoms with Gasteiger partial charge in [-0.1, -0.05) is 44.2 Å². The van der Waals surface area contributed by atoms with Gasteiger partial charge in [0.25, 0.3) is 0 Å². The first kappa shape index (κ1) is 15.0. The van der Waals surface area contributed by atoms with Crippen molar-refractivity contribution in [2.24, 2.45) is 5.92 Å². The van der Waals surface area contributed by atoms with E-state index in [-0.39, 0.29) is 19.3 Å². The minimum atomic E-state index is -0.941. The van der Waals surface area contributed by atoms with Gasteiger partial charge in [0.1, 0.15) is 0 Å². The zero-order valence-electron chi connectivity index (χ0n) is 12.1. The van der Waals surface area contributed by atoms with Crippen LogP contribution >= 0.6 is 0 Å². The molecule has 1 aliphatic rings. The zero-order valence-corrected chi connectivity index (χ0v) is 12.1. The molecule has 0 saturated carbocycles. The number of benzene rings is 1. The Labute approximate surface area is 120 Å². The predicted octanol–water partition coefficient (Wildman–Crippen LogP) is 1.80. The van der Waals surface area contributed by atoms with Gasteiger partial charge >= 0.3 is 0 Å². The normalized spacial score (nSPS) is 27.4. The molecule has 1 aromatic rings. The fourth-order valence-corrected chi connectivity index (χ4v) is 2.71. The third-order valence-electron chi connectivity index (χ3n) is 4.01. The van der Waals surface area contributed by atoms with Gasteiger partial charge in [-0.05, 0) is 11.5 Å². The molecule has 108 valence electrons. The molecule has 0 aromatic heterocycles. The molecule has 0 radical (unpaired) electrons. The average Bonchev–Trinajstić information content (AvgIpc) is 2.48. The Bertz CT molecular complexity index is 469. The molecule has 1 unspecified atom stereocenters. The number of aliphatic hydroxyl groups excluding tert-OH is 1. The molecule has 1 aromatic carbocycles. The maximum atomic E-state index is 9.75. The number of hydrogen-bond acceptors (Lipinski definition) is 4. The van der Waals surface area contributed by atoms with E-state index in [2.05, 4.69) is 24.8 Å². The molecule has 4 nitrogen and oxygen atoms in total. The van der Waals surface area contributed by atoms with Crippen molar-refractivity contribution in [1.82, 2.24) is 4.90 Å². The van der Waals surface area contributed by atoms with Crippen LogP contribution in [0.25, 0.3) is 0 Å². The lowest BCUT2D eigenvalue weighted by atomic mass is 9.91. The van der Waals surface area contributed by atoms with E-state index < -0.39 is 5.54 Å². The fourth-order valence-electron chi connectivity index (χ4n) is 2.71. The van der Waals surface area contributed by atoms with Gasteiger partial charge in [0.15, 0.2) is 5.54 Å². The molecule has 1 N–H and O–H groups in total. The highest BCUT2D eigenvalue weighted by Gasteiger charge is 2.45. The average molecular weight is 274 g/mol. The Morgan fingerprint density at radius 1 is 1.45 bits per heavy atom. The van der Waals surface area contributed by atoms with Crippen LogP contribution in [0, 0.1) is 17.2 Å². The van der Waals surface area contributed by atoms with E-state index in [1.54, 1.807) is 0 Å². The summed E-state index contributed by atoms with van der Waals surface area (Å²) in [5, 5.41) is 19.3. The maximum absolute atomic E-state index is 9.75. The van der Waals surface area contributed by atoms with Crippen molar-refractivity contribution >= 4 is 0 Å². The van der Waals surface area contributed by atoms with E-state index in [9.17, 15) is 10.4 Å². The number of morpholine rings is 1. The first-order valence-electron chi connectivity index (χ1n) is 7.03. The molecule has 1 saturated heterocycles. The van der Waals surface area contributed by atoms with Crippen molar-refractivity contribution in [2.75, 3.05) is 19.8 Å². The van der Waals surface area contributed by atoms with E-state index in [1.807, 2.05) is 30.3 Å². The Kier molecular flexibility index (Phi) is 4.77. The summed E-state index contributed by atoms with van der Waals surface area (Å²) in [6.45, 7) is 5.55. The first-order valence-corrected chi connectivity index (χ1v) is 7.03. The Balaban J connectivity index is 2.31. The van der Waals surface area contributed by atoms with Crippen molar-refractivity contribution < 1.29 is 9.84 Å². The van der Waals surface area contributed by atoms with Crippen molar-refractivity contribution in [3.63, 3.8) is 0 Å². The predicted molar refractivity (Wildman–Crippen MR) is 76.9 cm³/mol. The Morgan fingerprint density at radius 2 is 2.15 bits per heavy atom. The molecular weight excluding hydrogens is 252 g/mol. The summed E-state index contributed by atoms with van der Waals surface area (Å²) < 4.78 is 5.58. The molecule has 0 spiro atoms. The van der Waals surface area contributed by atoms with Crippen LogP contribution in [0.2, 0.25) is 0 Å². The number of nitrogens with zero attached hydrogens (tertiary/aromatic N) is 2. The van der Waals surface area contributed by atoms with E-state index in [1.165, 1.54) is 0 Å². The molecule has 20 heavy (non-hydrogen) atoms. The molecule has 1 aliphatic heterocycles. The SMILES string of the molecule is CC(C)[C@@H]1COCC(C#N)(CO)N1Cc1ccccc1. The topological polar surface area (TPSA) is 56.5 Å². The largest absolute Gasteiger partial charge is 0.393 e. The number of nitriles is 1. The van der Waals surface area contributed by atoms with Gasteiger partial charge < -0.3 is 9.84 Å². The van der Waals surface area contributed by atoms with Crippen LogP contribution in [-0.4, -0.2) is 41.4 Å². The molecular formula is C16H22N2O2. The summed E-state index contributed by atoms with van der Waals surface area (Å²) in [5.41, 5.74) is 0.205. The van der Waals surface area contributed by atoms with Crippen LogP contribution in [-0.2, 0) is 11.3 Å². The van der Waals surface area contributed by atoms with E-state index in [0.717, 1.165) is 5.56 Å². The molecule has 2 atom stereocenters. The van der Waals surface area contributed by atoms with E-state index >= 15 is 0 Å². The molecule has 2 rings (SSSR count). The van der Waals surface area contributed by atoms with Crippen LogP contribution in [0.5, 0.6) is 0 Å². The number of ether oxygens (including phenoxy) is 1. The monoisotopic (exact) mass is 274 g/mol. The Morgan fingerprint density at radius 3 is 2.70 bits per heavy atom. The van der Waals surface area contributed by atoms with E-state index in [0.29, 0.717) is 19.1 Å². The van der Waals surface area contributed by atoms with Crippen LogP contribution in [0.1, 0.15) is 19.4 Å². The zero-order chi connectivity index (χ0) is 14.6. The lowest BCUT2D eigenvalue weighted by molar-refractivity contribution is -0.114. The van der Waals surface area contributed by atoms with Gasteiger partial charge in [-0.25, -0.2) is 0 Å². The second-order valence-electron chi connectivity index (χ2n) is 5.74. The lowest BCUT2D eigenvalue weighted by Gasteiger charge is -2.47. The van der Waals surface area contributed by atoms with Gasteiger partial charge in [0.05, 0.1) is 25.9 Å². The third-order valence-corrected chi connectivity index (χ3v) is 4.01. The first-order chi connectivity index (χ1) is 9.63. The molecule has 0 bridgehead atoms. The van der Waals surface area contributed by atoms with Gasteiger partial charge in [-0.15, -0.1) is 0 Å². The second kappa shape index (κ2) is 6.36. The minimum absolute atomic E-state index is 0.135.